The van der Waals surface area contributed by atoms with Gasteiger partial charge in [-0.25, -0.2) is 4.98 Å². The number of thiazole rings is 1. The Kier molecular flexibility index (Phi) is 5.47. The van der Waals surface area contributed by atoms with Crippen LogP contribution in [0.1, 0.15) is 15.7 Å². The largest absolute Gasteiger partial charge is 0.497 e. The zero-order chi connectivity index (χ0) is 16.1. The van der Waals surface area contributed by atoms with Gasteiger partial charge in [-0.2, -0.15) is 0 Å². The van der Waals surface area contributed by atoms with Crippen LogP contribution in [0.15, 0.2) is 34.0 Å². The van der Waals surface area contributed by atoms with Crippen LogP contribution in [0.25, 0.3) is 0 Å². The number of benzene rings is 1. The van der Waals surface area contributed by atoms with E-state index in [-0.39, 0.29) is 0 Å². The second-order valence-electron chi connectivity index (χ2n) is 4.57. The highest BCUT2D eigenvalue weighted by Gasteiger charge is 2.06. The van der Waals surface area contributed by atoms with E-state index >= 15 is 0 Å². The predicted molar refractivity (Wildman–Crippen MR) is 93.6 cm³/mol. The molecule has 1 aromatic carbocycles. The van der Waals surface area contributed by atoms with Gasteiger partial charge in [0.05, 0.1) is 12.8 Å². The first kappa shape index (κ1) is 16.2. The van der Waals surface area contributed by atoms with Crippen LogP contribution in [-0.2, 0) is 12.4 Å². The molecular weight excluding hydrogens is 350 g/mol. The van der Waals surface area contributed by atoms with Gasteiger partial charge >= 0.3 is 0 Å². The second-order valence-corrected chi connectivity index (χ2v) is 7.92. The molecule has 0 radical (unpaired) electrons. The smallest absolute Gasteiger partial charge is 0.174 e. The third kappa shape index (κ3) is 4.66. The molecule has 0 aliphatic rings. The summed E-state index contributed by atoms with van der Waals surface area (Å²) in [6.45, 7) is 2.43. The maximum absolute atomic E-state index is 5.74. The Hall–Kier alpha value is -1.64. The Morgan fingerprint density at radius 2 is 1.91 bits per heavy atom. The minimum atomic E-state index is 0.472. The van der Waals surface area contributed by atoms with Crippen molar-refractivity contribution in [3.8, 4) is 11.5 Å². The fourth-order valence-electron chi connectivity index (χ4n) is 1.77. The van der Waals surface area contributed by atoms with Gasteiger partial charge in [-0.3, -0.25) is 0 Å². The van der Waals surface area contributed by atoms with Crippen molar-refractivity contribution in [1.29, 1.82) is 0 Å². The summed E-state index contributed by atoms with van der Waals surface area (Å²) >= 11 is 4.88. The van der Waals surface area contributed by atoms with Crippen molar-refractivity contribution in [3.63, 3.8) is 0 Å². The molecule has 23 heavy (non-hydrogen) atoms. The van der Waals surface area contributed by atoms with E-state index in [1.807, 2.05) is 31.2 Å². The van der Waals surface area contributed by atoms with Crippen LogP contribution in [0.5, 0.6) is 11.5 Å². The van der Waals surface area contributed by atoms with Gasteiger partial charge in [0.2, 0.25) is 0 Å². The summed E-state index contributed by atoms with van der Waals surface area (Å²) in [5.41, 5.74) is 1.04. The number of rotatable bonds is 7. The molecule has 0 spiro atoms. The van der Waals surface area contributed by atoms with Crippen LogP contribution >= 0.6 is 34.4 Å². The number of thioether (sulfide) groups is 1. The molecule has 0 aliphatic heterocycles. The molecule has 0 bridgehead atoms. The number of nitrogens with zero attached hydrogens (tertiary/aromatic N) is 3. The Bertz CT molecular complexity index is 755. The molecule has 0 amide bonds. The predicted octanol–water partition coefficient (Wildman–Crippen LogP) is 4.18. The lowest BCUT2D eigenvalue weighted by molar-refractivity contribution is 0.304. The first-order chi connectivity index (χ1) is 11.2. The highest BCUT2D eigenvalue weighted by atomic mass is 32.2. The van der Waals surface area contributed by atoms with Crippen LogP contribution in [0.3, 0.4) is 0 Å². The topological polar surface area (TPSA) is 57.1 Å². The summed E-state index contributed by atoms with van der Waals surface area (Å²) in [7, 11) is 1.65. The highest BCUT2D eigenvalue weighted by molar-refractivity contribution is 8.00. The highest BCUT2D eigenvalue weighted by Crippen LogP contribution is 2.26. The third-order valence-electron chi connectivity index (χ3n) is 2.87. The molecule has 0 saturated carbocycles. The van der Waals surface area contributed by atoms with Crippen molar-refractivity contribution in [2.24, 2.45) is 0 Å². The van der Waals surface area contributed by atoms with E-state index < -0.39 is 0 Å². The summed E-state index contributed by atoms with van der Waals surface area (Å²) in [5.74, 6) is 2.42. The van der Waals surface area contributed by atoms with Crippen molar-refractivity contribution < 1.29 is 9.47 Å². The lowest BCUT2D eigenvalue weighted by Crippen LogP contribution is -1.95. The fourth-order valence-corrected chi connectivity index (χ4v) is 4.29. The van der Waals surface area contributed by atoms with E-state index in [4.69, 9.17) is 9.47 Å². The molecule has 2 aromatic heterocycles. The number of ether oxygens (including phenoxy) is 2. The van der Waals surface area contributed by atoms with Gasteiger partial charge in [0.15, 0.2) is 4.34 Å². The van der Waals surface area contributed by atoms with Crippen molar-refractivity contribution in [2.45, 2.75) is 23.6 Å². The van der Waals surface area contributed by atoms with E-state index in [0.29, 0.717) is 6.61 Å². The summed E-state index contributed by atoms with van der Waals surface area (Å²) in [5, 5.41) is 12.1. The van der Waals surface area contributed by atoms with E-state index in [1.165, 1.54) is 0 Å². The summed E-state index contributed by atoms with van der Waals surface area (Å²) in [4.78, 5) is 4.59. The van der Waals surface area contributed by atoms with Gasteiger partial charge in [0, 0.05) is 11.1 Å². The first-order valence-corrected chi connectivity index (χ1v) is 9.54. The van der Waals surface area contributed by atoms with Crippen LogP contribution in [0.4, 0.5) is 0 Å². The minimum Gasteiger partial charge on any atom is -0.497 e. The molecular formula is C15H15N3O2S3. The quantitative estimate of drug-likeness (QED) is 0.585. The van der Waals surface area contributed by atoms with Crippen LogP contribution in [0, 0.1) is 6.92 Å². The van der Waals surface area contributed by atoms with Crippen LogP contribution in [-0.4, -0.2) is 22.3 Å². The lowest BCUT2D eigenvalue weighted by atomic mass is 10.3. The zero-order valence-electron chi connectivity index (χ0n) is 12.7. The molecule has 5 nitrogen and oxygen atoms in total. The standard InChI is InChI=1S/C15H15N3O2S3/c1-10-17-18-15(23-10)22-9-11-8-21-14(16-11)7-20-13-5-3-12(19-2)4-6-13/h3-6,8H,7,9H2,1-2H3. The van der Waals surface area contributed by atoms with Gasteiger partial charge in [0.25, 0.3) is 0 Å². The van der Waals surface area contributed by atoms with Crippen molar-refractivity contribution >= 4 is 34.4 Å². The van der Waals surface area contributed by atoms with Crippen molar-refractivity contribution in [1.82, 2.24) is 15.2 Å². The molecule has 8 heteroatoms. The molecule has 3 aromatic rings. The average Bonchev–Trinajstić information content (AvgIpc) is 3.20. The van der Waals surface area contributed by atoms with Gasteiger partial charge in [-0.1, -0.05) is 23.1 Å². The van der Waals surface area contributed by atoms with Gasteiger partial charge in [0.1, 0.15) is 28.1 Å². The number of hydrogen-bond acceptors (Lipinski definition) is 8. The van der Waals surface area contributed by atoms with E-state index in [0.717, 1.165) is 37.3 Å². The number of aromatic nitrogens is 3. The molecule has 0 unspecified atom stereocenters. The van der Waals surface area contributed by atoms with Crippen LogP contribution < -0.4 is 9.47 Å². The summed E-state index contributed by atoms with van der Waals surface area (Å²) in [6.07, 6.45) is 0. The fraction of sp³-hybridized carbons (Fsp3) is 0.267. The Morgan fingerprint density at radius 1 is 1.13 bits per heavy atom. The molecule has 0 saturated heterocycles. The Morgan fingerprint density at radius 3 is 2.61 bits per heavy atom. The maximum atomic E-state index is 5.74. The SMILES string of the molecule is COc1ccc(OCc2nc(CSc3nnc(C)s3)cs2)cc1. The van der Waals surface area contributed by atoms with Crippen molar-refractivity contribution in [2.75, 3.05) is 7.11 Å². The van der Waals surface area contributed by atoms with E-state index in [2.05, 4.69) is 20.6 Å². The normalized spacial score (nSPS) is 10.7. The van der Waals surface area contributed by atoms with E-state index in [9.17, 15) is 0 Å². The minimum absolute atomic E-state index is 0.472. The molecule has 120 valence electrons. The third-order valence-corrected chi connectivity index (χ3v) is 5.75. The second kappa shape index (κ2) is 7.76. The molecule has 2 heterocycles. The van der Waals surface area contributed by atoms with Crippen molar-refractivity contribution in [3.05, 3.63) is 45.4 Å². The molecule has 3 rings (SSSR count). The van der Waals surface area contributed by atoms with Gasteiger partial charge < -0.3 is 9.47 Å². The first-order valence-electron chi connectivity index (χ1n) is 6.86. The molecule has 0 aliphatic carbocycles. The Labute approximate surface area is 146 Å². The van der Waals surface area contributed by atoms with E-state index in [1.54, 1.807) is 41.5 Å². The van der Waals surface area contributed by atoms with Gasteiger partial charge in [-0.15, -0.1) is 21.5 Å². The zero-order valence-corrected chi connectivity index (χ0v) is 15.1. The summed E-state index contributed by atoms with van der Waals surface area (Å²) < 4.78 is 11.8. The lowest BCUT2D eigenvalue weighted by Gasteiger charge is -2.05. The van der Waals surface area contributed by atoms with Crippen LogP contribution in [0.2, 0.25) is 0 Å². The van der Waals surface area contributed by atoms with Gasteiger partial charge in [-0.05, 0) is 31.2 Å². The molecule has 0 N–H and O–H groups in total. The Balaban J connectivity index is 1.50. The number of hydrogen-bond donors (Lipinski definition) is 0. The molecule has 0 atom stereocenters. The number of methoxy groups -OCH3 is 1. The monoisotopic (exact) mass is 365 g/mol. The summed E-state index contributed by atoms with van der Waals surface area (Å²) in [6, 6.07) is 7.54. The molecule has 0 fully saturated rings. The number of aryl methyl sites for hydroxylation is 1. The average molecular weight is 366 g/mol. The maximum Gasteiger partial charge on any atom is 0.174 e.